The predicted molar refractivity (Wildman–Crippen MR) is 50.6 cm³/mol. The Morgan fingerprint density at radius 1 is 1.33 bits per heavy atom. The van der Waals surface area contributed by atoms with Crippen LogP contribution in [0.25, 0.3) is 0 Å². The van der Waals surface area contributed by atoms with E-state index in [1.807, 2.05) is 0 Å². The van der Waals surface area contributed by atoms with Gasteiger partial charge in [-0.3, -0.25) is 0 Å². The summed E-state index contributed by atoms with van der Waals surface area (Å²) in [5.74, 6) is 3.92. The molecule has 0 unspecified atom stereocenters. The third-order valence-corrected chi connectivity index (χ3v) is 1.61. The zero-order valence-corrected chi connectivity index (χ0v) is 7.81. The fraction of sp³-hybridized carbons (Fsp3) is 0.222. The molecule has 0 aliphatic heterocycles. The molecule has 0 radical (unpaired) electrons. The van der Waals surface area contributed by atoms with Crippen LogP contribution < -0.4 is 11.5 Å². The second kappa shape index (κ2) is 3.69. The molecule has 0 bridgehead atoms. The summed E-state index contributed by atoms with van der Waals surface area (Å²) in [5, 5.41) is 0. The second-order valence-electron chi connectivity index (χ2n) is 2.73. The van der Waals surface area contributed by atoms with E-state index in [1.165, 1.54) is 6.92 Å². The number of pyridine rings is 1. The van der Waals surface area contributed by atoms with Crippen LogP contribution in [-0.2, 0) is 6.18 Å². The first kappa shape index (κ1) is 11.2. The van der Waals surface area contributed by atoms with Gasteiger partial charge in [-0.15, -0.1) is 5.92 Å². The lowest BCUT2D eigenvalue weighted by atomic mass is 10.1. The molecule has 0 amide bonds. The monoisotopic (exact) mass is 215 g/mol. The Labute approximate surface area is 84.3 Å². The maximum atomic E-state index is 12.5. The standard InChI is InChI=1S/C9H8F3N3/c1-2-3-5-4-6(13)15-8(14)7(5)9(10,11)12/h4H,1H3,(H4,13,14,15). The summed E-state index contributed by atoms with van der Waals surface area (Å²) in [6, 6.07) is 1.05. The Hall–Kier alpha value is -1.90. The molecular weight excluding hydrogens is 207 g/mol. The number of hydrogen-bond acceptors (Lipinski definition) is 3. The molecule has 0 fully saturated rings. The quantitative estimate of drug-likeness (QED) is 0.646. The summed E-state index contributed by atoms with van der Waals surface area (Å²) >= 11 is 0. The van der Waals surface area contributed by atoms with Gasteiger partial charge in [0.05, 0.1) is 0 Å². The minimum absolute atomic E-state index is 0.0850. The first-order chi connectivity index (χ1) is 6.86. The minimum Gasteiger partial charge on any atom is -0.384 e. The van der Waals surface area contributed by atoms with Crippen LogP contribution in [0.1, 0.15) is 18.1 Å². The van der Waals surface area contributed by atoms with Crippen LogP contribution in [0.15, 0.2) is 6.07 Å². The molecule has 6 heteroatoms. The second-order valence-corrected chi connectivity index (χ2v) is 2.73. The van der Waals surface area contributed by atoms with E-state index in [4.69, 9.17) is 11.5 Å². The van der Waals surface area contributed by atoms with Crippen molar-refractivity contribution in [3.8, 4) is 11.8 Å². The summed E-state index contributed by atoms with van der Waals surface area (Å²) in [7, 11) is 0. The molecule has 3 nitrogen and oxygen atoms in total. The van der Waals surface area contributed by atoms with Gasteiger partial charge in [-0.25, -0.2) is 4.98 Å². The zero-order chi connectivity index (χ0) is 11.6. The first-order valence-corrected chi connectivity index (χ1v) is 3.92. The number of nitrogen functional groups attached to an aromatic ring is 2. The highest BCUT2D eigenvalue weighted by atomic mass is 19.4. The number of aromatic nitrogens is 1. The summed E-state index contributed by atoms with van der Waals surface area (Å²) in [4.78, 5) is 3.35. The molecule has 0 spiro atoms. The van der Waals surface area contributed by atoms with Crippen molar-refractivity contribution in [2.75, 3.05) is 11.5 Å². The van der Waals surface area contributed by atoms with Crippen LogP contribution in [-0.4, -0.2) is 4.98 Å². The van der Waals surface area contributed by atoms with Crippen molar-refractivity contribution in [1.29, 1.82) is 0 Å². The molecule has 80 valence electrons. The Morgan fingerprint density at radius 2 is 1.93 bits per heavy atom. The lowest BCUT2D eigenvalue weighted by Gasteiger charge is -2.11. The van der Waals surface area contributed by atoms with Gasteiger partial charge in [0, 0.05) is 5.56 Å². The Bertz CT molecular complexity index is 440. The number of alkyl halides is 3. The molecule has 1 rings (SSSR count). The van der Waals surface area contributed by atoms with Crippen molar-refractivity contribution in [3.05, 3.63) is 17.2 Å². The van der Waals surface area contributed by atoms with Gasteiger partial charge in [-0.1, -0.05) is 5.92 Å². The van der Waals surface area contributed by atoms with Crippen molar-refractivity contribution < 1.29 is 13.2 Å². The summed E-state index contributed by atoms with van der Waals surface area (Å²) < 4.78 is 37.6. The van der Waals surface area contributed by atoms with E-state index >= 15 is 0 Å². The summed E-state index contributed by atoms with van der Waals surface area (Å²) in [6.07, 6.45) is -4.58. The van der Waals surface area contributed by atoms with E-state index in [2.05, 4.69) is 16.8 Å². The van der Waals surface area contributed by atoms with Crippen molar-refractivity contribution >= 4 is 11.6 Å². The molecular formula is C9H8F3N3. The summed E-state index contributed by atoms with van der Waals surface area (Å²) in [6.45, 7) is 1.42. The van der Waals surface area contributed by atoms with Crippen LogP contribution in [0.2, 0.25) is 0 Å². The fourth-order valence-corrected chi connectivity index (χ4v) is 1.12. The van der Waals surface area contributed by atoms with E-state index in [1.54, 1.807) is 0 Å². The molecule has 4 N–H and O–H groups in total. The molecule has 1 aromatic heterocycles. The SMILES string of the molecule is CC#Cc1cc(N)nc(N)c1C(F)(F)F. The normalized spacial score (nSPS) is 10.7. The van der Waals surface area contributed by atoms with Gasteiger partial charge in [0.25, 0.3) is 0 Å². The molecule has 0 atom stereocenters. The maximum Gasteiger partial charge on any atom is 0.421 e. The van der Waals surface area contributed by atoms with Crippen LogP contribution in [0.5, 0.6) is 0 Å². The highest BCUT2D eigenvalue weighted by Gasteiger charge is 2.36. The fourth-order valence-electron chi connectivity index (χ4n) is 1.12. The highest BCUT2D eigenvalue weighted by Crippen LogP contribution is 2.35. The number of rotatable bonds is 0. The largest absolute Gasteiger partial charge is 0.421 e. The smallest absolute Gasteiger partial charge is 0.384 e. The van der Waals surface area contributed by atoms with Gasteiger partial charge in [-0.2, -0.15) is 13.2 Å². The maximum absolute atomic E-state index is 12.5. The number of anilines is 2. The van der Waals surface area contributed by atoms with Crippen LogP contribution in [0.3, 0.4) is 0 Å². The van der Waals surface area contributed by atoms with Gasteiger partial charge in [0.1, 0.15) is 17.2 Å². The van der Waals surface area contributed by atoms with Gasteiger partial charge in [0.15, 0.2) is 0 Å². The Kier molecular flexibility index (Phi) is 2.75. The van der Waals surface area contributed by atoms with Crippen molar-refractivity contribution in [1.82, 2.24) is 4.98 Å². The van der Waals surface area contributed by atoms with E-state index in [0.717, 1.165) is 6.07 Å². The number of halogens is 3. The lowest BCUT2D eigenvalue weighted by molar-refractivity contribution is -0.137. The molecule has 0 aromatic carbocycles. The molecule has 1 aromatic rings. The molecule has 1 heterocycles. The molecule has 0 saturated carbocycles. The lowest BCUT2D eigenvalue weighted by Crippen LogP contribution is -2.14. The summed E-state index contributed by atoms with van der Waals surface area (Å²) in [5.41, 5.74) is 9.14. The van der Waals surface area contributed by atoms with Gasteiger partial charge in [0.2, 0.25) is 0 Å². The van der Waals surface area contributed by atoms with Crippen molar-refractivity contribution in [2.24, 2.45) is 0 Å². The number of nitrogens with zero attached hydrogens (tertiary/aromatic N) is 1. The molecule has 0 aliphatic carbocycles. The number of nitrogens with two attached hydrogens (primary N) is 2. The molecule has 0 aliphatic rings. The van der Waals surface area contributed by atoms with E-state index in [9.17, 15) is 13.2 Å². The third-order valence-electron chi connectivity index (χ3n) is 1.61. The highest BCUT2D eigenvalue weighted by molar-refractivity contribution is 5.58. The number of hydrogen-bond donors (Lipinski definition) is 2. The average molecular weight is 215 g/mol. The average Bonchev–Trinajstić information content (AvgIpc) is 1.99. The van der Waals surface area contributed by atoms with E-state index in [0.29, 0.717) is 0 Å². The van der Waals surface area contributed by atoms with E-state index < -0.39 is 17.6 Å². The van der Waals surface area contributed by atoms with Gasteiger partial charge < -0.3 is 11.5 Å². The Morgan fingerprint density at radius 3 is 2.40 bits per heavy atom. The van der Waals surface area contributed by atoms with Crippen LogP contribution >= 0.6 is 0 Å². The minimum atomic E-state index is -4.58. The van der Waals surface area contributed by atoms with Crippen molar-refractivity contribution in [2.45, 2.75) is 13.1 Å². The van der Waals surface area contributed by atoms with Gasteiger partial charge >= 0.3 is 6.18 Å². The topological polar surface area (TPSA) is 64.9 Å². The Balaban J connectivity index is 3.52. The zero-order valence-electron chi connectivity index (χ0n) is 7.81. The third kappa shape index (κ3) is 2.31. The molecule has 0 saturated heterocycles. The van der Waals surface area contributed by atoms with Gasteiger partial charge in [-0.05, 0) is 13.0 Å². The van der Waals surface area contributed by atoms with E-state index in [-0.39, 0.29) is 11.4 Å². The predicted octanol–water partition coefficient (Wildman–Crippen LogP) is 1.64. The molecule has 15 heavy (non-hydrogen) atoms. The van der Waals surface area contributed by atoms with Crippen molar-refractivity contribution in [3.63, 3.8) is 0 Å². The first-order valence-electron chi connectivity index (χ1n) is 3.92. The van der Waals surface area contributed by atoms with Crippen LogP contribution in [0.4, 0.5) is 24.8 Å². The van der Waals surface area contributed by atoms with Crippen LogP contribution in [0, 0.1) is 11.8 Å².